The molecule has 0 aromatic heterocycles. The number of carbonyl (C=O) groups is 1. The largest absolute Gasteiger partial charge is 0.481 e. The summed E-state index contributed by atoms with van der Waals surface area (Å²) >= 11 is 0. The average molecular weight is 302 g/mol. The molecule has 7 heteroatoms. The van der Waals surface area contributed by atoms with Gasteiger partial charge in [0.2, 0.25) is 0 Å². The van der Waals surface area contributed by atoms with Crippen molar-refractivity contribution in [1.82, 2.24) is 10.2 Å². The number of hydrogen-bond acceptors (Lipinski definition) is 3. The van der Waals surface area contributed by atoms with Gasteiger partial charge in [-0.25, -0.2) is 0 Å². The number of carboxylic acid groups (broad SMARTS) is 1. The van der Waals surface area contributed by atoms with Crippen LogP contribution in [0.25, 0.3) is 0 Å². The summed E-state index contributed by atoms with van der Waals surface area (Å²) in [7, 11) is 0. The van der Waals surface area contributed by atoms with E-state index in [-0.39, 0.29) is 17.7 Å². The Morgan fingerprint density at radius 1 is 1.24 bits per heavy atom. The fraction of sp³-hybridized carbons (Fsp3) is 0.500. The van der Waals surface area contributed by atoms with Crippen LogP contribution in [0.15, 0.2) is 18.2 Å². The quantitative estimate of drug-likeness (QED) is 0.889. The Morgan fingerprint density at radius 2 is 1.86 bits per heavy atom. The van der Waals surface area contributed by atoms with Crippen LogP contribution < -0.4 is 5.32 Å². The molecule has 1 saturated heterocycles. The predicted octanol–water partition coefficient (Wildman–Crippen LogP) is 1.74. The van der Waals surface area contributed by atoms with Crippen LogP contribution in [-0.2, 0) is 23.9 Å². The first-order valence-corrected chi connectivity index (χ1v) is 6.71. The molecule has 0 radical (unpaired) electrons. The van der Waals surface area contributed by atoms with Gasteiger partial charge in [-0.1, -0.05) is 18.2 Å². The zero-order chi connectivity index (χ0) is 15.5. The molecule has 0 saturated carbocycles. The SMILES string of the molecule is O=C(O)Cc1cccc(CN2CCNCC2)c1C(F)(F)F. The van der Waals surface area contributed by atoms with E-state index in [9.17, 15) is 18.0 Å². The lowest BCUT2D eigenvalue weighted by molar-refractivity contribution is -0.140. The van der Waals surface area contributed by atoms with E-state index in [0.717, 1.165) is 13.1 Å². The van der Waals surface area contributed by atoms with Crippen LogP contribution in [0.2, 0.25) is 0 Å². The Morgan fingerprint density at radius 3 is 2.43 bits per heavy atom. The summed E-state index contributed by atoms with van der Waals surface area (Å²) in [4.78, 5) is 12.7. The fourth-order valence-corrected chi connectivity index (χ4v) is 2.57. The molecule has 4 nitrogen and oxygen atoms in total. The molecule has 0 amide bonds. The molecule has 1 aromatic carbocycles. The number of carboxylic acids is 1. The van der Waals surface area contributed by atoms with Crippen LogP contribution in [-0.4, -0.2) is 42.2 Å². The monoisotopic (exact) mass is 302 g/mol. The number of alkyl halides is 3. The van der Waals surface area contributed by atoms with Crippen molar-refractivity contribution in [2.24, 2.45) is 0 Å². The number of nitrogens with zero attached hydrogens (tertiary/aromatic N) is 1. The molecule has 0 aliphatic carbocycles. The van der Waals surface area contributed by atoms with E-state index in [1.807, 2.05) is 4.90 Å². The van der Waals surface area contributed by atoms with Gasteiger partial charge in [-0.3, -0.25) is 9.69 Å². The molecule has 1 aliphatic heterocycles. The minimum absolute atomic E-state index is 0.142. The number of piperazine rings is 1. The fourth-order valence-electron chi connectivity index (χ4n) is 2.57. The van der Waals surface area contributed by atoms with Crippen molar-refractivity contribution in [3.63, 3.8) is 0 Å². The van der Waals surface area contributed by atoms with E-state index in [0.29, 0.717) is 13.1 Å². The summed E-state index contributed by atoms with van der Waals surface area (Å²) in [5.74, 6) is -1.26. The molecule has 0 spiro atoms. The van der Waals surface area contributed by atoms with Gasteiger partial charge in [0, 0.05) is 32.7 Å². The Hall–Kier alpha value is -1.60. The third-order valence-corrected chi connectivity index (χ3v) is 3.47. The van der Waals surface area contributed by atoms with E-state index in [4.69, 9.17) is 5.11 Å². The van der Waals surface area contributed by atoms with Crippen LogP contribution in [0.3, 0.4) is 0 Å². The molecular weight excluding hydrogens is 285 g/mol. The van der Waals surface area contributed by atoms with E-state index >= 15 is 0 Å². The van der Waals surface area contributed by atoms with Crippen LogP contribution in [0.5, 0.6) is 0 Å². The van der Waals surface area contributed by atoms with E-state index in [2.05, 4.69) is 5.32 Å². The summed E-state index contributed by atoms with van der Waals surface area (Å²) in [6.07, 6.45) is -5.17. The first-order valence-electron chi connectivity index (χ1n) is 6.71. The normalized spacial score (nSPS) is 16.9. The number of nitrogens with one attached hydrogen (secondary N) is 1. The van der Waals surface area contributed by atoms with Crippen molar-refractivity contribution in [1.29, 1.82) is 0 Å². The minimum atomic E-state index is -4.55. The number of aliphatic carboxylic acids is 1. The second kappa shape index (κ2) is 6.44. The van der Waals surface area contributed by atoms with Gasteiger partial charge in [-0.2, -0.15) is 13.2 Å². The molecule has 116 valence electrons. The first-order chi connectivity index (χ1) is 9.88. The zero-order valence-electron chi connectivity index (χ0n) is 11.4. The smallest absolute Gasteiger partial charge is 0.417 e. The molecule has 0 atom stereocenters. The van der Waals surface area contributed by atoms with Gasteiger partial charge in [-0.15, -0.1) is 0 Å². The number of rotatable bonds is 4. The van der Waals surface area contributed by atoms with E-state index in [1.54, 1.807) is 0 Å². The van der Waals surface area contributed by atoms with Crippen LogP contribution >= 0.6 is 0 Å². The molecule has 1 aromatic rings. The number of halogens is 3. The molecule has 0 bridgehead atoms. The molecule has 1 fully saturated rings. The van der Waals surface area contributed by atoms with Crippen molar-refractivity contribution >= 4 is 5.97 Å². The second-order valence-corrected chi connectivity index (χ2v) is 5.05. The highest BCUT2D eigenvalue weighted by Crippen LogP contribution is 2.35. The number of hydrogen-bond donors (Lipinski definition) is 2. The third kappa shape index (κ3) is 4.18. The molecule has 1 heterocycles. The van der Waals surface area contributed by atoms with E-state index < -0.39 is 24.1 Å². The minimum Gasteiger partial charge on any atom is -0.481 e. The summed E-state index contributed by atoms with van der Waals surface area (Å²) < 4.78 is 39.9. The zero-order valence-corrected chi connectivity index (χ0v) is 11.4. The average Bonchev–Trinajstić information content (AvgIpc) is 2.38. The highest BCUT2D eigenvalue weighted by atomic mass is 19.4. The number of benzene rings is 1. The van der Waals surface area contributed by atoms with Gasteiger partial charge in [0.1, 0.15) is 0 Å². The summed E-state index contributed by atoms with van der Waals surface area (Å²) in [5.41, 5.74) is -0.836. The molecule has 21 heavy (non-hydrogen) atoms. The maximum atomic E-state index is 13.3. The Kier molecular flexibility index (Phi) is 4.84. The first kappa shape index (κ1) is 15.8. The molecule has 1 aliphatic rings. The molecule has 2 N–H and O–H groups in total. The molecule has 2 rings (SSSR count). The lowest BCUT2D eigenvalue weighted by Gasteiger charge is -2.28. The van der Waals surface area contributed by atoms with Crippen LogP contribution in [0, 0.1) is 0 Å². The van der Waals surface area contributed by atoms with Crippen LogP contribution in [0.1, 0.15) is 16.7 Å². The van der Waals surface area contributed by atoms with Crippen LogP contribution in [0.4, 0.5) is 13.2 Å². The van der Waals surface area contributed by atoms with Crippen molar-refractivity contribution in [2.75, 3.05) is 26.2 Å². The maximum Gasteiger partial charge on any atom is 0.417 e. The third-order valence-electron chi connectivity index (χ3n) is 3.47. The summed E-state index contributed by atoms with van der Waals surface area (Å²) in [6, 6.07) is 4.15. The standard InChI is InChI=1S/C14H17F3N2O2/c15-14(16,17)13-10(8-12(20)21)2-1-3-11(13)9-19-6-4-18-5-7-19/h1-3,18H,4-9H2,(H,20,21). The van der Waals surface area contributed by atoms with Gasteiger partial charge < -0.3 is 10.4 Å². The Labute approximate surface area is 120 Å². The van der Waals surface area contributed by atoms with Crippen molar-refractivity contribution in [3.8, 4) is 0 Å². The van der Waals surface area contributed by atoms with Crippen molar-refractivity contribution in [3.05, 3.63) is 34.9 Å². The van der Waals surface area contributed by atoms with Gasteiger partial charge in [-0.05, 0) is 11.1 Å². The van der Waals surface area contributed by atoms with Crippen molar-refractivity contribution in [2.45, 2.75) is 19.1 Å². The topological polar surface area (TPSA) is 52.6 Å². The Bertz CT molecular complexity index is 511. The highest BCUT2D eigenvalue weighted by Gasteiger charge is 2.36. The van der Waals surface area contributed by atoms with E-state index in [1.165, 1.54) is 18.2 Å². The summed E-state index contributed by atoms with van der Waals surface area (Å²) in [6.45, 7) is 3.04. The second-order valence-electron chi connectivity index (χ2n) is 5.05. The Balaban J connectivity index is 2.32. The van der Waals surface area contributed by atoms with Gasteiger partial charge in [0.15, 0.2) is 0 Å². The predicted molar refractivity (Wildman–Crippen MR) is 70.9 cm³/mol. The maximum absolute atomic E-state index is 13.3. The lowest BCUT2D eigenvalue weighted by atomic mass is 9.97. The summed E-state index contributed by atoms with van der Waals surface area (Å²) in [5, 5.41) is 11.9. The molecular formula is C14H17F3N2O2. The van der Waals surface area contributed by atoms with Crippen molar-refractivity contribution < 1.29 is 23.1 Å². The lowest BCUT2D eigenvalue weighted by Crippen LogP contribution is -2.43. The molecule has 0 unspecified atom stereocenters. The van der Waals surface area contributed by atoms with Gasteiger partial charge in [0.05, 0.1) is 12.0 Å². The van der Waals surface area contributed by atoms with Gasteiger partial charge >= 0.3 is 12.1 Å². The highest BCUT2D eigenvalue weighted by molar-refractivity contribution is 5.71. The van der Waals surface area contributed by atoms with Gasteiger partial charge in [0.25, 0.3) is 0 Å².